The number of fused-ring (bicyclic) bond motifs is 4. The first-order valence-corrected chi connectivity index (χ1v) is 21.6. The van der Waals surface area contributed by atoms with Crippen molar-refractivity contribution < 1.29 is 23.6 Å². The second-order valence-corrected chi connectivity index (χ2v) is 19.1. The Morgan fingerprint density at radius 3 is 2.71 bits per heavy atom. The molecule has 0 radical (unpaired) electrons. The topological polar surface area (TPSA) is 91.3 Å². The first-order valence-electron chi connectivity index (χ1n) is 19.5. The number of amides is 1. The number of benzene rings is 2. The molecule has 1 saturated heterocycles. The maximum Gasteiger partial charge on any atom is 0.262 e. The van der Waals surface area contributed by atoms with E-state index in [1.54, 1.807) is 6.07 Å². The van der Waals surface area contributed by atoms with Crippen LogP contribution in [0.2, 0.25) is 5.02 Å². The van der Waals surface area contributed by atoms with Crippen LogP contribution in [0, 0.1) is 29.6 Å². The minimum Gasteiger partial charge on any atom is -0.490 e. The summed E-state index contributed by atoms with van der Waals surface area (Å²) in [6, 6.07) is 11.8. The van der Waals surface area contributed by atoms with Crippen molar-refractivity contribution in [3.63, 3.8) is 0 Å². The summed E-state index contributed by atoms with van der Waals surface area (Å²) in [7, 11) is -2.96. The van der Waals surface area contributed by atoms with Crippen molar-refractivity contribution in [1.82, 2.24) is 9.62 Å². The number of aliphatic hydroxyl groups is 1. The lowest BCUT2D eigenvalue weighted by Crippen LogP contribution is -2.52. The largest absolute Gasteiger partial charge is 0.490 e. The second kappa shape index (κ2) is 15.5. The van der Waals surface area contributed by atoms with Crippen LogP contribution in [-0.4, -0.2) is 89.4 Å². The van der Waals surface area contributed by atoms with E-state index in [-0.39, 0.29) is 34.3 Å². The quantitative estimate of drug-likeness (QED) is 0.218. The molecule has 52 heavy (non-hydrogen) atoms. The van der Waals surface area contributed by atoms with Gasteiger partial charge in [0.25, 0.3) is 5.91 Å². The van der Waals surface area contributed by atoms with E-state index in [1.165, 1.54) is 11.1 Å². The lowest BCUT2D eigenvalue weighted by Gasteiger charge is -2.48. The fourth-order valence-corrected chi connectivity index (χ4v) is 11.0. The third-order valence-electron chi connectivity index (χ3n) is 12.9. The molecule has 2 aliphatic carbocycles. The van der Waals surface area contributed by atoms with Crippen molar-refractivity contribution in [3.05, 3.63) is 58.1 Å². The lowest BCUT2D eigenvalue weighted by atomic mass is 9.63. The van der Waals surface area contributed by atoms with Gasteiger partial charge in [-0.1, -0.05) is 30.5 Å². The minimum atomic E-state index is -2.96. The molecule has 1 unspecified atom stereocenters. The highest BCUT2D eigenvalue weighted by Gasteiger charge is 2.48. The van der Waals surface area contributed by atoms with E-state index in [1.807, 2.05) is 25.1 Å². The maximum atomic E-state index is 13.9. The summed E-state index contributed by atoms with van der Waals surface area (Å²) in [6.45, 7) is 10.4. The Morgan fingerprint density at radius 2 is 1.92 bits per heavy atom. The Morgan fingerprint density at radius 1 is 1.10 bits per heavy atom. The molecule has 282 valence electrons. The van der Waals surface area contributed by atoms with Crippen LogP contribution in [0.3, 0.4) is 0 Å². The Labute approximate surface area is 316 Å². The fraction of sp³-hybridized carbons (Fsp3) is 0.619. The van der Waals surface area contributed by atoms with Crippen LogP contribution in [0.15, 0.2) is 36.4 Å². The summed E-state index contributed by atoms with van der Waals surface area (Å²) < 4.78 is 29.0. The maximum absolute atomic E-state index is 13.9. The number of carbonyl (C=O) groups is 1. The van der Waals surface area contributed by atoms with Crippen molar-refractivity contribution in [2.45, 2.75) is 94.3 Å². The SMILES string of the molecule is C=S1(=O)NC(=O)c2ccc3c(c2)N(C[C@@H]2CC[C@H]2[C@@](O)(C#CCCCN2CCOCC2)CCC[C@H](C)[C@H]1C)C[C@@]1(CCCc2cc(Cl)ccc21)CO3. The van der Waals surface area contributed by atoms with Gasteiger partial charge in [-0.2, -0.15) is 0 Å². The molecule has 2 N–H and O–H groups in total. The Balaban J connectivity index is 1.23. The highest BCUT2D eigenvalue weighted by molar-refractivity contribution is 7.99. The molecule has 7 rings (SSSR count). The van der Waals surface area contributed by atoms with Crippen LogP contribution in [0.25, 0.3) is 0 Å². The molecule has 2 aromatic carbocycles. The predicted molar refractivity (Wildman–Crippen MR) is 211 cm³/mol. The number of ether oxygens (including phenoxy) is 2. The van der Waals surface area contributed by atoms with Crippen LogP contribution in [0.5, 0.6) is 5.75 Å². The normalized spacial score (nSPS) is 34.0. The molecule has 2 aromatic rings. The minimum absolute atomic E-state index is 0.0292. The van der Waals surface area contributed by atoms with Crippen molar-refractivity contribution in [2.24, 2.45) is 17.8 Å². The number of hydrogen-bond acceptors (Lipinski definition) is 7. The third kappa shape index (κ3) is 7.88. The number of morpholine rings is 1. The average molecular weight is 750 g/mol. The van der Waals surface area contributed by atoms with Gasteiger partial charge in [0.2, 0.25) is 0 Å². The van der Waals surface area contributed by atoms with E-state index in [2.05, 4.69) is 51.3 Å². The van der Waals surface area contributed by atoms with Crippen LogP contribution >= 0.6 is 11.6 Å². The van der Waals surface area contributed by atoms with Gasteiger partial charge >= 0.3 is 0 Å². The van der Waals surface area contributed by atoms with Crippen LogP contribution in [-0.2, 0) is 26.3 Å². The lowest BCUT2D eigenvalue weighted by molar-refractivity contribution is -0.0448. The molecular weight excluding hydrogens is 694 g/mol. The van der Waals surface area contributed by atoms with E-state index in [4.69, 9.17) is 21.1 Å². The number of aryl methyl sites for hydroxylation is 1. The van der Waals surface area contributed by atoms with Crippen LogP contribution in [0.1, 0.15) is 93.1 Å². The molecule has 5 aliphatic rings. The summed E-state index contributed by atoms with van der Waals surface area (Å²) in [6.07, 6.45) is 8.73. The summed E-state index contributed by atoms with van der Waals surface area (Å²) in [5.74, 6) is 11.6. The number of nitrogens with zero attached hydrogens (tertiary/aromatic N) is 2. The van der Waals surface area contributed by atoms with E-state index in [0.717, 1.165) is 120 Å². The van der Waals surface area contributed by atoms with Gasteiger partial charge in [0, 0.05) is 59.8 Å². The van der Waals surface area contributed by atoms with Crippen molar-refractivity contribution in [3.8, 4) is 17.6 Å². The Kier molecular flexibility index (Phi) is 11.2. The van der Waals surface area contributed by atoms with Gasteiger partial charge in [-0.15, -0.1) is 5.92 Å². The number of halogens is 1. The number of nitrogens with one attached hydrogen (secondary N) is 1. The Hall–Kier alpha value is -2.74. The Bertz CT molecular complexity index is 1800. The molecule has 2 bridgehead atoms. The smallest absolute Gasteiger partial charge is 0.262 e. The number of anilines is 1. The van der Waals surface area contributed by atoms with Crippen LogP contribution < -0.4 is 14.4 Å². The van der Waals surface area contributed by atoms with Crippen molar-refractivity contribution in [2.75, 3.05) is 57.4 Å². The predicted octanol–water partition coefficient (Wildman–Crippen LogP) is 6.26. The molecule has 8 nitrogen and oxygen atoms in total. The van der Waals surface area contributed by atoms with E-state index in [9.17, 15) is 14.1 Å². The standard InChI is InChI=1S/C42H56ClN3O5S/c1-30-9-7-19-42(48,18-5-4-6-20-45-21-23-50-24-22-45)37-14-11-34(37)27-46-28-41(17-8-10-32-25-35(43)13-15-36(32)41)29-51-39-16-12-33(26-38(39)46)40(47)44-52(3,49)31(30)2/h12-13,15-16,25-26,30-31,34,37,48H,3-4,6-11,14,17,19-24,27-29H2,1-2H3,(H,44,47,49)/t30-,31+,34-,37+,41-,42+,52?/m0/s1. The molecule has 3 heterocycles. The summed E-state index contributed by atoms with van der Waals surface area (Å²) in [4.78, 5) is 18.6. The fourth-order valence-electron chi connectivity index (χ4n) is 9.34. The van der Waals surface area contributed by atoms with Gasteiger partial charge < -0.3 is 19.5 Å². The highest BCUT2D eigenvalue weighted by Crippen LogP contribution is 2.49. The number of carbonyl (C=O) groups excluding carboxylic acids is 1. The summed E-state index contributed by atoms with van der Waals surface area (Å²) >= 11 is 6.49. The molecule has 3 aliphatic heterocycles. The van der Waals surface area contributed by atoms with Crippen molar-refractivity contribution in [1.29, 1.82) is 0 Å². The zero-order valence-corrected chi connectivity index (χ0v) is 32.5. The van der Waals surface area contributed by atoms with E-state index < -0.39 is 15.3 Å². The van der Waals surface area contributed by atoms with Gasteiger partial charge in [-0.25, -0.2) is 4.21 Å². The molecule has 1 spiro atoms. The van der Waals surface area contributed by atoms with Crippen LogP contribution in [0.4, 0.5) is 5.69 Å². The van der Waals surface area contributed by atoms with Gasteiger partial charge in [-0.3, -0.25) is 14.4 Å². The highest BCUT2D eigenvalue weighted by atomic mass is 35.5. The van der Waals surface area contributed by atoms with Crippen molar-refractivity contribution >= 4 is 38.8 Å². The third-order valence-corrected chi connectivity index (χ3v) is 15.3. The van der Waals surface area contributed by atoms with Gasteiger partial charge in [0.05, 0.1) is 35.2 Å². The number of rotatable bonds is 3. The van der Waals surface area contributed by atoms with Gasteiger partial charge in [-0.05, 0) is 130 Å². The molecule has 0 aromatic heterocycles. The van der Waals surface area contributed by atoms with E-state index >= 15 is 0 Å². The van der Waals surface area contributed by atoms with Gasteiger partial charge in [0.15, 0.2) is 0 Å². The van der Waals surface area contributed by atoms with E-state index in [0.29, 0.717) is 18.6 Å². The number of hydrogen-bond donors (Lipinski definition) is 2. The average Bonchev–Trinajstić information content (AvgIpc) is 3.26. The number of unbranched alkanes of at least 4 members (excludes halogenated alkanes) is 1. The van der Waals surface area contributed by atoms with Gasteiger partial charge in [0.1, 0.15) is 11.4 Å². The summed E-state index contributed by atoms with van der Waals surface area (Å²) in [5, 5.41) is 12.9. The monoisotopic (exact) mass is 749 g/mol. The summed E-state index contributed by atoms with van der Waals surface area (Å²) in [5.41, 5.74) is 2.48. The molecule has 1 amide bonds. The molecule has 7 atom stereocenters. The molecule has 1 saturated carbocycles. The first-order chi connectivity index (χ1) is 25.0. The zero-order chi connectivity index (χ0) is 36.5. The molecule has 10 heteroatoms. The second-order valence-electron chi connectivity index (χ2n) is 16.2. The zero-order valence-electron chi connectivity index (χ0n) is 31.0. The molecular formula is C42H56ClN3O5S. The first kappa shape index (κ1) is 37.6. The molecule has 2 fully saturated rings.